The number of hydrogen-bond donors (Lipinski definition) is 0. The van der Waals surface area contributed by atoms with E-state index in [1.165, 1.54) is 7.11 Å². The van der Waals surface area contributed by atoms with Crippen LogP contribution in [0.15, 0.2) is 0 Å². The molecule has 0 amide bonds. The maximum Gasteiger partial charge on any atom is 0.187 e. The largest absolute Gasteiger partial charge is 0.382 e. The van der Waals surface area contributed by atoms with Crippen LogP contribution in [0.1, 0.15) is 13.8 Å². The van der Waals surface area contributed by atoms with E-state index in [0.717, 1.165) is 0 Å². The number of hydrogen-bond acceptors (Lipinski definition) is 19. The zero-order chi connectivity index (χ0) is 41.5. The van der Waals surface area contributed by atoms with E-state index in [0.29, 0.717) is 0 Å². The smallest absolute Gasteiger partial charge is 0.187 e. The van der Waals surface area contributed by atoms with Gasteiger partial charge in [0.05, 0.1) is 32.0 Å². The van der Waals surface area contributed by atoms with E-state index in [4.69, 9.17) is 90.0 Å². The molecule has 0 spiro atoms. The molecule has 0 saturated carbocycles. The molecule has 0 radical (unpaired) electrons. The molecule has 3 aliphatic rings. The Morgan fingerprint density at radius 3 is 1.30 bits per heavy atom. The van der Waals surface area contributed by atoms with E-state index < -0.39 is 117 Å². The third-order valence-electron chi connectivity index (χ3n) is 10.8. The summed E-state index contributed by atoms with van der Waals surface area (Å²) in [7, 11) is 20.4. The summed E-state index contributed by atoms with van der Waals surface area (Å²) in [5.41, 5.74) is 0. The summed E-state index contributed by atoms with van der Waals surface area (Å²) in [6, 6.07) is 0. The van der Waals surface area contributed by atoms with Crippen LogP contribution >= 0.6 is 0 Å². The first-order valence-corrected chi connectivity index (χ1v) is 18.7. The first kappa shape index (κ1) is 49.6. The summed E-state index contributed by atoms with van der Waals surface area (Å²) in [5.74, 6) is 0. The molecule has 19 nitrogen and oxygen atoms in total. The Kier molecular flexibility index (Phi) is 22.2. The van der Waals surface area contributed by atoms with Gasteiger partial charge in [0.1, 0.15) is 85.5 Å². The van der Waals surface area contributed by atoms with Crippen LogP contribution in [0.3, 0.4) is 0 Å². The highest BCUT2D eigenvalue weighted by atomic mass is 16.8. The van der Waals surface area contributed by atoms with E-state index in [9.17, 15) is 0 Å². The molecule has 3 fully saturated rings. The second kappa shape index (κ2) is 25.1. The van der Waals surface area contributed by atoms with Gasteiger partial charge in [0, 0.05) is 92.4 Å². The van der Waals surface area contributed by atoms with Crippen molar-refractivity contribution < 1.29 is 90.0 Å². The standard InChI is InChI=1S/C37H70O19/c1-19(41-6)24(26(43-8)21(42-7)16-38-3)54-35-32(49-14)29(46-11)25(20(2)51-35)55-37-34(31(48-13)28(45-10)23(53-37)18-40-5)56-36-33(50-15)30(47-12)27(44-9)22(52-36)17-39-4/h19-37H,16-18H2,1-15H3. The molecule has 0 aromatic rings. The fourth-order valence-electron chi connectivity index (χ4n) is 7.87. The van der Waals surface area contributed by atoms with Gasteiger partial charge in [-0.25, -0.2) is 0 Å². The Balaban J connectivity index is 2.01. The van der Waals surface area contributed by atoms with Gasteiger partial charge in [0.15, 0.2) is 18.9 Å². The van der Waals surface area contributed by atoms with Crippen molar-refractivity contribution in [2.75, 3.05) is 112 Å². The minimum atomic E-state index is -1.12. The molecule has 19 unspecified atom stereocenters. The van der Waals surface area contributed by atoms with Gasteiger partial charge in [0.25, 0.3) is 0 Å². The van der Waals surface area contributed by atoms with Gasteiger partial charge in [0.2, 0.25) is 0 Å². The molecule has 0 aromatic carbocycles. The van der Waals surface area contributed by atoms with E-state index >= 15 is 0 Å². The van der Waals surface area contributed by atoms with Crippen molar-refractivity contribution in [3.8, 4) is 0 Å². The number of rotatable bonds is 25. The molecule has 56 heavy (non-hydrogen) atoms. The Morgan fingerprint density at radius 2 is 0.875 bits per heavy atom. The van der Waals surface area contributed by atoms with Crippen molar-refractivity contribution in [2.45, 2.75) is 130 Å². The van der Waals surface area contributed by atoms with Gasteiger partial charge in [-0.15, -0.1) is 0 Å². The molecule has 19 heteroatoms. The number of ether oxygens (including phenoxy) is 19. The third kappa shape index (κ3) is 11.5. The SMILES string of the molecule is COCC(OC)C(OC)C(OC1OC(C)C(OC2OC(COC)C(OC)C(OC)C2OC2OC(COC)C(OC)C(OC)C2OC)C(OC)C1OC)C(C)OC. The molecule has 3 saturated heterocycles. The summed E-state index contributed by atoms with van der Waals surface area (Å²) in [5, 5.41) is 0. The predicted molar refractivity (Wildman–Crippen MR) is 196 cm³/mol. The maximum atomic E-state index is 6.87. The number of methoxy groups -OCH3 is 13. The molecule has 3 heterocycles. The summed E-state index contributed by atoms with van der Waals surface area (Å²) >= 11 is 0. The van der Waals surface area contributed by atoms with Crippen LogP contribution in [0.25, 0.3) is 0 Å². The van der Waals surface area contributed by atoms with Crippen LogP contribution in [-0.2, 0) is 90.0 Å². The Labute approximate surface area is 332 Å². The molecule has 0 aliphatic carbocycles. The van der Waals surface area contributed by atoms with Crippen molar-refractivity contribution in [3.63, 3.8) is 0 Å². The lowest BCUT2D eigenvalue weighted by atomic mass is 9.95. The molecule has 3 aliphatic heterocycles. The molecule has 19 atom stereocenters. The highest BCUT2D eigenvalue weighted by Crippen LogP contribution is 2.37. The molecule has 0 aromatic heterocycles. The van der Waals surface area contributed by atoms with Crippen LogP contribution in [0.5, 0.6) is 0 Å². The van der Waals surface area contributed by atoms with Crippen LogP contribution in [-0.4, -0.2) is 229 Å². The van der Waals surface area contributed by atoms with Gasteiger partial charge in [-0.2, -0.15) is 0 Å². The van der Waals surface area contributed by atoms with Crippen molar-refractivity contribution in [1.29, 1.82) is 0 Å². The van der Waals surface area contributed by atoms with Gasteiger partial charge in [-0.05, 0) is 13.8 Å². The minimum absolute atomic E-state index is 0.162. The monoisotopic (exact) mass is 818 g/mol. The summed E-state index contributed by atoms with van der Waals surface area (Å²) in [6.45, 7) is 4.32. The molecular weight excluding hydrogens is 748 g/mol. The quantitative estimate of drug-likeness (QED) is 0.124. The Bertz CT molecular complexity index is 1050. The molecule has 3 rings (SSSR count). The molecule has 332 valence electrons. The molecule has 0 bridgehead atoms. The first-order chi connectivity index (χ1) is 27.1. The Hall–Kier alpha value is -0.760. The second-order valence-electron chi connectivity index (χ2n) is 13.8. The van der Waals surface area contributed by atoms with E-state index in [2.05, 4.69) is 0 Å². The topological polar surface area (TPSA) is 175 Å². The summed E-state index contributed by atoms with van der Waals surface area (Å²) in [6.07, 6.45) is -13.7. The zero-order valence-corrected chi connectivity index (χ0v) is 35.8. The van der Waals surface area contributed by atoms with Gasteiger partial charge < -0.3 is 90.0 Å². The van der Waals surface area contributed by atoms with Crippen LogP contribution in [0, 0.1) is 0 Å². The van der Waals surface area contributed by atoms with E-state index in [-0.39, 0.29) is 19.8 Å². The van der Waals surface area contributed by atoms with Crippen LogP contribution in [0.4, 0.5) is 0 Å². The fraction of sp³-hybridized carbons (Fsp3) is 1.00. The predicted octanol–water partition coefficient (Wildman–Crippen LogP) is 0.446. The highest BCUT2D eigenvalue weighted by molar-refractivity contribution is 4.99. The summed E-state index contributed by atoms with van der Waals surface area (Å²) in [4.78, 5) is 0. The van der Waals surface area contributed by atoms with Crippen molar-refractivity contribution in [3.05, 3.63) is 0 Å². The van der Waals surface area contributed by atoms with Crippen molar-refractivity contribution in [2.24, 2.45) is 0 Å². The van der Waals surface area contributed by atoms with Crippen LogP contribution in [0.2, 0.25) is 0 Å². The average Bonchev–Trinajstić information content (AvgIpc) is 3.20. The summed E-state index contributed by atoms with van der Waals surface area (Å²) < 4.78 is 115. The third-order valence-corrected chi connectivity index (χ3v) is 10.8. The lowest BCUT2D eigenvalue weighted by Crippen LogP contribution is -2.68. The zero-order valence-electron chi connectivity index (χ0n) is 35.8. The Morgan fingerprint density at radius 1 is 0.429 bits per heavy atom. The molecule has 0 N–H and O–H groups in total. The van der Waals surface area contributed by atoms with Gasteiger partial charge in [-0.3, -0.25) is 0 Å². The highest BCUT2D eigenvalue weighted by Gasteiger charge is 2.56. The average molecular weight is 819 g/mol. The lowest BCUT2D eigenvalue weighted by Gasteiger charge is -2.51. The van der Waals surface area contributed by atoms with Crippen LogP contribution < -0.4 is 0 Å². The normalized spacial score (nSPS) is 38.9. The maximum absolute atomic E-state index is 6.87. The first-order valence-electron chi connectivity index (χ1n) is 18.7. The fourth-order valence-corrected chi connectivity index (χ4v) is 7.87. The van der Waals surface area contributed by atoms with Gasteiger partial charge >= 0.3 is 0 Å². The lowest BCUT2D eigenvalue weighted by molar-refractivity contribution is -0.395. The van der Waals surface area contributed by atoms with Crippen molar-refractivity contribution in [1.82, 2.24) is 0 Å². The molecular formula is C37H70O19. The second-order valence-corrected chi connectivity index (χ2v) is 13.8. The van der Waals surface area contributed by atoms with E-state index in [1.807, 2.05) is 13.8 Å². The minimum Gasteiger partial charge on any atom is -0.382 e. The van der Waals surface area contributed by atoms with E-state index in [1.54, 1.807) is 85.3 Å². The van der Waals surface area contributed by atoms with Crippen molar-refractivity contribution >= 4 is 0 Å². The van der Waals surface area contributed by atoms with Gasteiger partial charge in [-0.1, -0.05) is 0 Å².